The highest BCUT2D eigenvalue weighted by Crippen LogP contribution is 2.15. The van der Waals surface area contributed by atoms with Gasteiger partial charge in [0.25, 0.3) is 0 Å². The van der Waals surface area contributed by atoms with Crippen molar-refractivity contribution in [3.05, 3.63) is 35.4 Å². The van der Waals surface area contributed by atoms with E-state index in [4.69, 9.17) is 4.74 Å². The number of hydrogen-bond acceptors (Lipinski definition) is 2. The van der Waals surface area contributed by atoms with Gasteiger partial charge < -0.3 is 4.74 Å². The topological polar surface area (TPSA) is 26.3 Å². The summed E-state index contributed by atoms with van der Waals surface area (Å²) in [4.78, 5) is 11.2. The van der Waals surface area contributed by atoms with Crippen molar-refractivity contribution in [1.29, 1.82) is 0 Å². The number of ether oxygens (including phenoxy) is 1. The van der Waals surface area contributed by atoms with Crippen molar-refractivity contribution in [3.8, 4) is 0 Å². The molecule has 2 nitrogen and oxygen atoms in total. The van der Waals surface area contributed by atoms with Crippen LogP contribution in [0, 0.1) is 5.92 Å². The molecule has 1 unspecified atom stereocenters. The fourth-order valence-corrected chi connectivity index (χ4v) is 2.85. The first kappa shape index (κ1) is 18.7. The third kappa shape index (κ3) is 8.21. The highest BCUT2D eigenvalue weighted by Gasteiger charge is 2.03. The van der Waals surface area contributed by atoms with E-state index in [0.29, 0.717) is 13.0 Å². The molecule has 0 aromatic heterocycles. The molecule has 22 heavy (non-hydrogen) atoms. The second-order valence-electron chi connectivity index (χ2n) is 6.28. The van der Waals surface area contributed by atoms with Crippen LogP contribution in [0.25, 0.3) is 0 Å². The predicted molar refractivity (Wildman–Crippen MR) is 93.0 cm³/mol. The molecule has 0 spiro atoms. The van der Waals surface area contributed by atoms with Gasteiger partial charge in [-0.1, -0.05) is 57.4 Å². The SMILES string of the molecule is CCCC(C)Cc1ccc(CCCCCC(=O)OCC)cc1. The lowest BCUT2D eigenvalue weighted by molar-refractivity contribution is -0.143. The van der Waals surface area contributed by atoms with Crippen LogP contribution in [0.4, 0.5) is 0 Å². The smallest absolute Gasteiger partial charge is 0.305 e. The highest BCUT2D eigenvalue weighted by atomic mass is 16.5. The van der Waals surface area contributed by atoms with Gasteiger partial charge in [0.15, 0.2) is 0 Å². The minimum atomic E-state index is -0.0620. The summed E-state index contributed by atoms with van der Waals surface area (Å²) in [6.07, 6.45) is 8.60. The van der Waals surface area contributed by atoms with Crippen molar-refractivity contribution < 1.29 is 9.53 Å². The molecular formula is C20H32O2. The Morgan fingerprint density at radius 2 is 1.73 bits per heavy atom. The summed E-state index contributed by atoms with van der Waals surface area (Å²) in [7, 11) is 0. The van der Waals surface area contributed by atoms with E-state index in [9.17, 15) is 4.79 Å². The molecule has 0 saturated heterocycles. The lowest BCUT2D eigenvalue weighted by atomic mass is 9.96. The van der Waals surface area contributed by atoms with Gasteiger partial charge in [0, 0.05) is 6.42 Å². The van der Waals surface area contributed by atoms with E-state index in [1.807, 2.05) is 6.92 Å². The van der Waals surface area contributed by atoms with Gasteiger partial charge in [-0.25, -0.2) is 0 Å². The second-order valence-corrected chi connectivity index (χ2v) is 6.28. The molecule has 2 heteroatoms. The molecule has 0 saturated carbocycles. The zero-order valence-electron chi connectivity index (χ0n) is 14.6. The number of unbranched alkanes of at least 4 members (excludes halogenated alkanes) is 2. The fraction of sp³-hybridized carbons (Fsp3) is 0.650. The van der Waals surface area contributed by atoms with Crippen LogP contribution in [-0.4, -0.2) is 12.6 Å². The first-order valence-corrected chi connectivity index (χ1v) is 8.89. The van der Waals surface area contributed by atoms with Crippen molar-refractivity contribution >= 4 is 5.97 Å². The molecule has 1 aromatic rings. The number of aryl methyl sites for hydroxylation is 1. The molecular weight excluding hydrogens is 272 g/mol. The molecule has 124 valence electrons. The van der Waals surface area contributed by atoms with E-state index in [1.165, 1.54) is 30.4 Å². The standard InChI is InChI=1S/C20H32O2/c1-4-9-17(3)16-19-14-12-18(13-15-19)10-7-6-8-11-20(21)22-5-2/h12-15,17H,4-11,16H2,1-3H3. The van der Waals surface area contributed by atoms with Crippen LogP contribution >= 0.6 is 0 Å². The van der Waals surface area contributed by atoms with E-state index in [0.717, 1.165) is 31.6 Å². The fourth-order valence-electron chi connectivity index (χ4n) is 2.85. The van der Waals surface area contributed by atoms with Gasteiger partial charge in [0.1, 0.15) is 0 Å². The summed E-state index contributed by atoms with van der Waals surface area (Å²) in [5.74, 6) is 0.715. The van der Waals surface area contributed by atoms with Crippen molar-refractivity contribution in [2.45, 2.75) is 72.1 Å². The first-order chi connectivity index (χ1) is 10.7. The van der Waals surface area contributed by atoms with E-state index < -0.39 is 0 Å². The van der Waals surface area contributed by atoms with Crippen molar-refractivity contribution in [3.63, 3.8) is 0 Å². The molecule has 0 fully saturated rings. The zero-order valence-corrected chi connectivity index (χ0v) is 14.6. The molecule has 1 rings (SSSR count). The summed E-state index contributed by atoms with van der Waals surface area (Å²) in [6, 6.07) is 9.08. The Morgan fingerprint density at radius 3 is 2.36 bits per heavy atom. The van der Waals surface area contributed by atoms with Crippen molar-refractivity contribution in [1.82, 2.24) is 0 Å². The lowest BCUT2D eigenvalue weighted by Crippen LogP contribution is -2.03. The first-order valence-electron chi connectivity index (χ1n) is 8.89. The van der Waals surface area contributed by atoms with Crippen molar-refractivity contribution in [2.24, 2.45) is 5.92 Å². The van der Waals surface area contributed by atoms with Crippen LogP contribution in [-0.2, 0) is 22.4 Å². The predicted octanol–water partition coefficient (Wildman–Crippen LogP) is 5.33. The van der Waals surface area contributed by atoms with Crippen LogP contribution in [0.2, 0.25) is 0 Å². The molecule has 0 bridgehead atoms. The van der Waals surface area contributed by atoms with E-state index in [1.54, 1.807) is 0 Å². The van der Waals surface area contributed by atoms with Crippen LogP contribution < -0.4 is 0 Å². The molecule has 0 aliphatic carbocycles. The molecule has 1 atom stereocenters. The van der Waals surface area contributed by atoms with E-state index in [2.05, 4.69) is 38.1 Å². The third-order valence-electron chi connectivity index (χ3n) is 4.04. The Kier molecular flexibility index (Phi) is 9.61. The van der Waals surface area contributed by atoms with Crippen LogP contribution in [0.3, 0.4) is 0 Å². The summed E-state index contributed by atoms with van der Waals surface area (Å²) < 4.78 is 4.93. The molecule has 0 aliphatic rings. The van der Waals surface area contributed by atoms with Gasteiger partial charge in [0.05, 0.1) is 6.61 Å². The van der Waals surface area contributed by atoms with E-state index in [-0.39, 0.29) is 5.97 Å². The number of rotatable bonds is 11. The maximum absolute atomic E-state index is 11.2. The number of hydrogen-bond donors (Lipinski definition) is 0. The van der Waals surface area contributed by atoms with Crippen LogP contribution in [0.1, 0.15) is 70.4 Å². The Morgan fingerprint density at radius 1 is 1.05 bits per heavy atom. The van der Waals surface area contributed by atoms with Gasteiger partial charge in [-0.3, -0.25) is 4.79 Å². The van der Waals surface area contributed by atoms with Crippen LogP contribution in [0.5, 0.6) is 0 Å². The Bertz CT molecular complexity index is 408. The lowest BCUT2D eigenvalue weighted by Gasteiger charge is -2.10. The summed E-state index contributed by atoms with van der Waals surface area (Å²) in [5, 5.41) is 0. The zero-order chi connectivity index (χ0) is 16.2. The van der Waals surface area contributed by atoms with Gasteiger partial charge in [-0.2, -0.15) is 0 Å². The highest BCUT2D eigenvalue weighted by molar-refractivity contribution is 5.69. The molecule has 1 aromatic carbocycles. The number of carbonyl (C=O) groups is 1. The quantitative estimate of drug-likeness (QED) is 0.408. The monoisotopic (exact) mass is 304 g/mol. The number of carbonyl (C=O) groups excluding carboxylic acids is 1. The number of benzene rings is 1. The van der Waals surface area contributed by atoms with Crippen molar-refractivity contribution in [2.75, 3.05) is 6.61 Å². The summed E-state index contributed by atoms with van der Waals surface area (Å²) >= 11 is 0. The van der Waals surface area contributed by atoms with Gasteiger partial charge >= 0.3 is 5.97 Å². The van der Waals surface area contributed by atoms with E-state index >= 15 is 0 Å². The van der Waals surface area contributed by atoms with Gasteiger partial charge in [-0.15, -0.1) is 0 Å². The second kappa shape index (κ2) is 11.3. The molecule has 0 amide bonds. The average molecular weight is 304 g/mol. The summed E-state index contributed by atoms with van der Waals surface area (Å²) in [6.45, 7) is 6.93. The van der Waals surface area contributed by atoms with Gasteiger partial charge in [0.2, 0.25) is 0 Å². The molecule has 0 N–H and O–H groups in total. The minimum Gasteiger partial charge on any atom is -0.466 e. The summed E-state index contributed by atoms with van der Waals surface area (Å²) in [5.41, 5.74) is 2.86. The Hall–Kier alpha value is -1.31. The van der Waals surface area contributed by atoms with Gasteiger partial charge in [-0.05, 0) is 49.7 Å². The number of esters is 1. The Labute approximate surface area is 136 Å². The molecule has 0 heterocycles. The average Bonchev–Trinajstić information content (AvgIpc) is 2.49. The minimum absolute atomic E-state index is 0.0620. The molecule has 0 radical (unpaired) electrons. The Balaban J connectivity index is 2.20. The maximum atomic E-state index is 11.2. The third-order valence-corrected chi connectivity index (χ3v) is 4.04. The van der Waals surface area contributed by atoms with Crippen LogP contribution in [0.15, 0.2) is 24.3 Å². The normalized spacial score (nSPS) is 12.1. The maximum Gasteiger partial charge on any atom is 0.305 e. The molecule has 0 aliphatic heterocycles. The largest absolute Gasteiger partial charge is 0.466 e.